The fourth-order valence-corrected chi connectivity index (χ4v) is 0.970. The molecule has 0 aliphatic carbocycles. The Hall–Kier alpha value is -0.770. The van der Waals surface area contributed by atoms with Crippen molar-refractivity contribution < 1.29 is 4.79 Å². The van der Waals surface area contributed by atoms with Crippen molar-refractivity contribution in [3.8, 4) is 0 Å². The van der Waals surface area contributed by atoms with Gasteiger partial charge in [-0.25, -0.2) is 4.79 Å². The Labute approximate surface area is 80.3 Å². The van der Waals surface area contributed by atoms with Gasteiger partial charge in [-0.2, -0.15) is 0 Å². The third-order valence-corrected chi connectivity index (χ3v) is 1.79. The highest BCUT2D eigenvalue weighted by atomic mass is 16.2. The second-order valence-corrected chi connectivity index (χ2v) is 3.86. The molecule has 4 heteroatoms. The summed E-state index contributed by atoms with van der Waals surface area (Å²) in [6, 6.07) is 0.0727. The van der Waals surface area contributed by atoms with E-state index < -0.39 is 0 Å². The molecule has 4 N–H and O–H groups in total. The Morgan fingerprint density at radius 3 is 2.08 bits per heavy atom. The summed E-state index contributed by atoms with van der Waals surface area (Å²) in [7, 11) is 0. The van der Waals surface area contributed by atoms with Gasteiger partial charge in [0, 0.05) is 18.6 Å². The van der Waals surface area contributed by atoms with Crippen molar-refractivity contribution in [3.05, 3.63) is 0 Å². The van der Waals surface area contributed by atoms with Crippen LogP contribution in [0, 0.1) is 5.92 Å². The topological polar surface area (TPSA) is 67.2 Å². The molecule has 0 aromatic rings. The summed E-state index contributed by atoms with van der Waals surface area (Å²) in [4.78, 5) is 11.2. The van der Waals surface area contributed by atoms with E-state index >= 15 is 0 Å². The molecule has 0 radical (unpaired) electrons. The average Bonchev–Trinajstić information content (AvgIpc) is 1.98. The molecule has 4 nitrogen and oxygen atoms in total. The van der Waals surface area contributed by atoms with Gasteiger partial charge in [0.2, 0.25) is 0 Å². The molecule has 0 fully saturated rings. The third-order valence-electron chi connectivity index (χ3n) is 1.79. The van der Waals surface area contributed by atoms with Crippen LogP contribution in [-0.4, -0.2) is 24.7 Å². The zero-order valence-electron chi connectivity index (χ0n) is 8.92. The predicted molar refractivity (Wildman–Crippen MR) is 54.5 cm³/mol. The van der Waals surface area contributed by atoms with Crippen LogP contribution < -0.4 is 16.4 Å². The molecule has 0 saturated carbocycles. The van der Waals surface area contributed by atoms with Crippen molar-refractivity contribution in [3.63, 3.8) is 0 Å². The number of urea groups is 1. The van der Waals surface area contributed by atoms with Crippen LogP contribution in [0.4, 0.5) is 4.79 Å². The first-order valence-corrected chi connectivity index (χ1v) is 4.74. The number of hydrogen-bond donors (Lipinski definition) is 3. The number of amides is 2. The fraction of sp³-hybridized carbons (Fsp3) is 0.889. The lowest BCUT2D eigenvalue weighted by Crippen LogP contribution is -2.49. The minimum absolute atomic E-state index is 0.0544. The zero-order chi connectivity index (χ0) is 10.4. The number of carbonyl (C=O) groups excluding carboxylic acids is 1. The Kier molecular flexibility index (Phi) is 5.46. The first-order valence-electron chi connectivity index (χ1n) is 4.74. The number of nitrogens with two attached hydrogens (primary N) is 1. The Morgan fingerprint density at radius 2 is 1.77 bits per heavy atom. The molecule has 1 unspecified atom stereocenters. The van der Waals surface area contributed by atoms with E-state index in [1.165, 1.54) is 0 Å². The van der Waals surface area contributed by atoms with Crippen LogP contribution >= 0.6 is 0 Å². The van der Waals surface area contributed by atoms with Crippen LogP contribution in [0.25, 0.3) is 0 Å². The highest BCUT2D eigenvalue weighted by Gasteiger charge is 2.14. The van der Waals surface area contributed by atoms with Crippen LogP contribution in [0.3, 0.4) is 0 Å². The summed E-state index contributed by atoms with van der Waals surface area (Å²) in [5.41, 5.74) is 5.51. The number of hydrogen-bond acceptors (Lipinski definition) is 2. The summed E-state index contributed by atoms with van der Waals surface area (Å²) in [5, 5.41) is 5.58. The second-order valence-electron chi connectivity index (χ2n) is 3.86. The van der Waals surface area contributed by atoms with Crippen molar-refractivity contribution in [2.24, 2.45) is 11.7 Å². The molecule has 78 valence electrons. The number of rotatable bonds is 4. The van der Waals surface area contributed by atoms with Gasteiger partial charge in [0.1, 0.15) is 0 Å². The van der Waals surface area contributed by atoms with Crippen LogP contribution in [0.2, 0.25) is 0 Å². The van der Waals surface area contributed by atoms with Gasteiger partial charge in [-0.1, -0.05) is 13.8 Å². The maximum Gasteiger partial charge on any atom is 0.315 e. The quantitative estimate of drug-likeness (QED) is 0.606. The molecule has 0 rings (SSSR count). The molecular formula is C9H21N3O. The van der Waals surface area contributed by atoms with Gasteiger partial charge in [-0.05, 0) is 19.8 Å². The van der Waals surface area contributed by atoms with Gasteiger partial charge < -0.3 is 16.4 Å². The first-order chi connectivity index (χ1) is 5.97. The molecule has 0 aromatic heterocycles. The number of nitrogens with one attached hydrogen (secondary N) is 2. The lowest BCUT2D eigenvalue weighted by Gasteiger charge is -2.21. The van der Waals surface area contributed by atoms with Gasteiger partial charge in [0.05, 0.1) is 0 Å². The molecule has 13 heavy (non-hydrogen) atoms. The maximum atomic E-state index is 11.2. The standard InChI is InChI=1S/C9H21N3O/c1-6(2)8(5-10)12-9(13)11-7(3)4/h6-8H,5,10H2,1-4H3,(H2,11,12,13). The van der Waals surface area contributed by atoms with E-state index in [0.717, 1.165) is 0 Å². The van der Waals surface area contributed by atoms with Gasteiger partial charge >= 0.3 is 6.03 Å². The summed E-state index contributed by atoms with van der Waals surface area (Å²) in [5.74, 6) is 0.364. The Balaban J connectivity index is 3.87. The number of carbonyl (C=O) groups is 1. The zero-order valence-corrected chi connectivity index (χ0v) is 8.92. The van der Waals surface area contributed by atoms with E-state index in [0.29, 0.717) is 12.5 Å². The van der Waals surface area contributed by atoms with Crippen LogP contribution in [0.5, 0.6) is 0 Å². The van der Waals surface area contributed by atoms with E-state index in [1.54, 1.807) is 0 Å². The summed E-state index contributed by atoms with van der Waals surface area (Å²) < 4.78 is 0. The lowest BCUT2D eigenvalue weighted by atomic mass is 10.1. The first kappa shape index (κ1) is 12.2. The van der Waals surface area contributed by atoms with Crippen molar-refractivity contribution in [1.29, 1.82) is 0 Å². The molecular weight excluding hydrogens is 166 g/mol. The SMILES string of the molecule is CC(C)NC(=O)NC(CN)C(C)C. The van der Waals surface area contributed by atoms with E-state index in [2.05, 4.69) is 10.6 Å². The van der Waals surface area contributed by atoms with Crippen molar-refractivity contribution in [2.45, 2.75) is 39.8 Å². The normalized spacial score (nSPS) is 13.2. The third kappa shape index (κ3) is 5.47. The Morgan fingerprint density at radius 1 is 1.23 bits per heavy atom. The van der Waals surface area contributed by atoms with E-state index in [9.17, 15) is 4.79 Å². The summed E-state index contributed by atoms with van der Waals surface area (Å²) in [6.07, 6.45) is 0. The van der Waals surface area contributed by atoms with Gasteiger partial charge in [-0.3, -0.25) is 0 Å². The highest BCUT2D eigenvalue weighted by molar-refractivity contribution is 5.74. The minimum atomic E-state index is -0.140. The maximum absolute atomic E-state index is 11.2. The molecule has 0 saturated heterocycles. The molecule has 0 aliphatic rings. The van der Waals surface area contributed by atoms with Gasteiger partial charge in [0.25, 0.3) is 0 Å². The summed E-state index contributed by atoms with van der Waals surface area (Å²) in [6.45, 7) is 8.39. The fourth-order valence-electron chi connectivity index (χ4n) is 0.970. The van der Waals surface area contributed by atoms with Crippen LogP contribution in [0.15, 0.2) is 0 Å². The molecule has 0 bridgehead atoms. The lowest BCUT2D eigenvalue weighted by molar-refractivity contribution is 0.231. The van der Waals surface area contributed by atoms with Gasteiger partial charge in [0.15, 0.2) is 0 Å². The molecule has 0 spiro atoms. The molecule has 0 aliphatic heterocycles. The minimum Gasteiger partial charge on any atom is -0.336 e. The average molecular weight is 187 g/mol. The van der Waals surface area contributed by atoms with Crippen molar-refractivity contribution in [2.75, 3.05) is 6.54 Å². The molecule has 0 heterocycles. The van der Waals surface area contributed by atoms with E-state index in [-0.39, 0.29) is 18.1 Å². The van der Waals surface area contributed by atoms with Gasteiger partial charge in [-0.15, -0.1) is 0 Å². The Bertz CT molecular complexity index is 157. The molecule has 2 amide bonds. The smallest absolute Gasteiger partial charge is 0.315 e. The van der Waals surface area contributed by atoms with E-state index in [1.807, 2.05) is 27.7 Å². The van der Waals surface area contributed by atoms with Crippen LogP contribution in [-0.2, 0) is 0 Å². The summed E-state index contributed by atoms with van der Waals surface area (Å²) >= 11 is 0. The van der Waals surface area contributed by atoms with Crippen molar-refractivity contribution >= 4 is 6.03 Å². The monoisotopic (exact) mass is 187 g/mol. The predicted octanol–water partition coefficient (Wildman–Crippen LogP) is 0.677. The second kappa shape index (κ2) is 5.80. The van der Waals surface area contributed by atoms with Crippen LogP contribution in [0.1, 0.15) is 27.7 Å². The highest BCUT2D eigenvalue weighted by Crippen LogP contribution is 1.98. The largest absolute Gasteiger partial charge is 0.336 e. The molecule has 1 atom stereocenters. The molecule has 0 aromatic carbocycles. The van der Waals surface area contributed by atoms with E-state index in [4.69, 9.17) is 5.73 Å². The van der Waals surface area contributed by atoms with Crippen molar-refractivity contribution in [1.82, 2.24) is 10.6 Å².